The molecule has 0 aliphatic heterocycles. The third kappa shape index (κ3) is 1.15. The standard InChI is InChI=1S/C12H15NO2/c1-8-10-5-4-9(14-2)6-12(10,15-3)11(8)7-13/h4-6,8,10-11H,1-3H3. The molecular weight excluding hydrogens is 190 g/mol. The number of allylic oxidation sites excluding steroid dienone is 1. The Morgan fingerprint density at radius 1 is 1.47 bits per heavy atom. The molecule has 0 spiro atoms. The molecule has 3 heteroatoms. The molecule has 0 aromatic rings. The molecule has 3 nitrogen and oxygen atoms in total. The van der Waals surface area contributed by atoms with Crippen molar-refractivity contribution in [3.8, 4) is 6.07 Å². The fourth-order valence-electron chi connectivity index (χ4n) is 2.77. The Morgan fingerprint density at radius 2 is 2.20 bits per heavy atom. The van der Waals surface area contributed by atoms with Crippen LogP contribution in [0.15, 0.2) is 24.0 Å². The van der Waals surface area contributed by atoms with Gasteiger partial charge in [-0.15, -0.1) is 0 Å². The Bertz CT molecular complexity index is 366. The molecule has 0 aromatic heterocycles. The minimum absolute atomic E-state index is 0.0809. The number of nitrogens with zero attached hydrogens (tertiary/aromatic N) is 1. The summed E-state index contributed by atoms with van der Waals surface area (Å²) in [5.74, 6) is 1.34. The van der Waals surface area contributed by atoms with Gasteiger partial charge in [0, 0.05) is 13.0 Å². The lowest BCUT2D eigenvalue weighted by molar-refractivity contribution is -0.140. The number of hydrogen-bond acceptors (Lipinski definition) is 3. The molecule has 0 radical (unpaired) electrons. The molecule has 4 unspecified atom stereocenters. The summed E-state index contributed by atoms with van der Waals surface area (Å²) in [6, 6.07) is 2.33. The summed E-state index contributed by atoms with van der Waals surface area (Å²) in [4.78, 5) is 0. The summed E-state index contributed by atoms with van der Waals surface area (Å²) >= 11 is 0. The lowest BCUT2D eigenvalue weighted by Crippen LogP contribution is -2.61. The lowest BCUT2D eigenvalue weighted by atomic mass is 9.53. The first kappa shape index (κ1) is 10.3. The zero-order chi connectivity index (χ0) is 11.1. The lowest BCUT2D eigenvalue weighted by Gasteiger charge is -2.55. The van der Waals surface area contributed by atoms with Crippen molar-refractivity contribution in [3.63, 3.8) is 0 Å². The van der Waals surface area contributed by atoms with Gasteiger partial charge in [0.2, 0.25) is 0 Å². The molecule has 0 heterocycles. The molecule has 4 atom stereocenters. The molecule has 0 N–H and O–H groups in total. The van der Waals surface area contributed by atoms with E-state index < -0.39 is 5.60 Å². The van der Waals surface area contributed by atoms with Crippen molar-refractivity contribution in [2.45, 2.75) is 12.5 Å². The van der Waals surface area contributed by atoms with E-state index in [1.54, 1.807) is 14.2 Å². The highest BCUT2D eigenvalue weighted by atomic mass is 16.5. The van der Waals surface area contributed by atoms with Crippen molar-refractivity contribution in [2.75, 3.05) is 14.2 Å². The zero-order valence-electron chi connectivity index (χ0n) is 9.23. The van der Waals surface area contributed by atoms with Gasteiger partial charge in [0.25, 0.3) is 0 Å². The predicted molar refractivity (Wildman–Crippen MR) is 55.7 cm³/mol. The van der Waals surface area contributed by atoms with E-state index in [-0.39, 0.29) is 5.92 Å². The summed E-state index contributed by atoms with van der Waals surface area (Å²) in [6.45, 7) is 2.09. The van der Waals surface area contributed by atoms with E-state index in [2.05, 4.69) is 19.1 Å². The largest absolute Gasteiger partial charge is 0.497 e. The average Bonchev–Trinajstić information content (AvgIpc) is 2.27. The third-order valence-corrected chi connectivity index (χ3v) is 3.66. The van der Waals surface area contributed by atoms with Crippen molar-refractivity contribution in [2.24, 2.45) is 17.8 Å². The maximum absolute atomic E-state index is 9.13. The summed E-state index contributed by atoms with van der Waals surface area (Å²) in [7, 11) is 3.29. The number of ether oxygens (including phenoxy) is 2. The van der Waals surface area contributed by atoms with Gasteiger partial charge in [-0.05, 0) is 18.1 Å². The van der Waals surface area contributed by atoms with E-state index in [1.165, 1.54) is 0 Å². The van der Waals surface area contributed by atoms with Crippen LogP contribution in [0.4, 0.5) is 0 Å². The second-order valence-electron chi connectivity index (χ2n) is 4.16. The van der Waals surface area contributed by atoms with Gasteiger partial charge in [0.1, 0.15) is 11.4 Å². The van der Waals surface area contributed by atoms with Crippen molar-refractivity contribution in [1.29, 1.82) is 5.26 Å². The summed E-state index contributed by atoms with van der Waals surface area (Å²) in [5, 5.41) is 9.13. The van der Waals surface area contributed by atoms with Crippen LogP contribution in [0.5, 0.6) is 0 Å². The second kappa shape index (κ2) is 3.39. The van der Waals surface area contributed by atoms with Gasteiger partial charge in [0.05, 0.1) is 19.1 Å². The molecule has 2 aliphatic carbocycles. The van der Waals surface area contributed by atoms with Crippen LogP contribution in [0.2, 0.25) is 0 Å². The van der Waals surface area contributed by atoms with Gasteiger partial charge >= 0.3 is 0 Å². The fourth-order valence-corrected chi connectivity index (χ4v) is 2.77. The van der Waals surface area contributed by atoms with E-state index >= 15 is 0 Å². The summed E-state index contributed by atoms with van der Waals surface area (Å²) in [5.41, 5.74) is -0.464. The van der Waals surface area contributed by atoms with E-state index in [1.807, 2.05) is 12.2 Å². The van der Waals surface area contributed by atoms with Crippen LogP contribution in [-0.4, -0.2) is 19.8 Å². The maximum atomic E-state index is 9.13. The average molecular weight is 205 g/mol. The quantitative estimate of drug-likeness (QED) is 0.691. The van der Waals surface area contributed by atoms with Crippen LogP contribution < -0.4 is 0 Å². The molecule has 1 saturated carbocycles. The van der Waals surface area contributed by atoms with Gasteiger partial charge in [0.15, 0.2) is 0 Å². The van der Waals surface area contributed by atoms with E-state index in [4.69, 9.17) is 14.7 Å². The Balaban J connectivity index is 2.37. The normalized spacial score (nSPS) is 42.3. The molecule has 0 saturated heterocycles. The van der Waals surface area contributed by atoms with E-state index in [9.17, 15) is 0 Å². The van der Waals surface area contributed by atoms with Crippen LogP contribution in [-0.2, 0) is 9.47 Å². The van der Waals surface area contributed by atoms with Gasteiger partial charge in [-0.3, -0.25) is 0 Å². The molecular formula is C12H15NO2. The number of hydrogen-bond donors (Lipinski definition) is 0. The minimum Gasteiger partial charge on any atom is -0.497 e. The number of methoxy groups -OCH3 is 2. The van der Waals surface area contributed by atoms with Crippen LogP contribution in [0, 0.1) is 29.1 Å². The Labute approximate surface area is 90.0 Å². The number of fused-ring (bicyclic) bond motifs is 1. The highest BCUT2D eigenvalue weighted by Gasteiger charge is 2.60. The molecule has 15 heavy (non-hydrogen) atoms. The zero-order valence-corrected chi connectivity index (χ0v) is 9.23. The number of rotatable bonds is 2. The maximum Gasteiger partial charge on any atom is 0.117 e. The van der Waals surface area contributed by atoms with Crippen molar-refractivity contribution in [3.05, 3.63) is 24.0 Å². The van der Waals surface area contributed by atoms with Crippen molar-refractivity contribution in [1.82, 2.24) is 0 Å². The van der Waals surface area contributed by atoms with Crippen LogP contribution in [0.25, 0.3) is 0 Å². The van der Waals surface area contributed by atoms with E-state index in [0.29, 0.717) is 11.8 Å². The highest BCUT2D eigenvalue weighted by molar-refractivity contribution is 5.36. The highest BCUT2D eigenvalue weighted by Crippen LogP contribution is 2.54. The molecule has 80 valence electrons. The first-order valence-corrected chi connectivity index (χ1v) is 5.09. The molecule has 0 aromatic carbocycles. The third-order valence-electron chi connectivity index (χ3n) is 3.66. The second-order valence-corrected chi connectivity index (χ2v) is 4.16. The molecule has 1 fully saturated rings. The summed E-state index contributed by atoms with van der Waals surface area (Å²) < 4.78 is 10.7. The Kier molecular flexibility index (Phi) is 2.32. The number of nitriles is 1. The SMILES string of the molecule is COC1=CC2(OC)C(C#N)C(C)C2C=C1. The molecule has 2 rings (SSSR count). The van der Waals surface area contributed by atoms with Gasteiger partial charge in [-0.25, -0.2) is 0 Å². The Morgan fingerprint density at radius 3 is 2.73 bits per heavy atom. The topological polar surface area (TPSA) is 42.2 Å². The van der Waals surface area contributed by atoms with Crippen LogP contribution in [0.3, 0.4) is 0 Å². The van der Waals surface area contributed by atoms with Gasteiger partial charge in [-0.1, -0.05) is 13.0 Å². The predicted octanol–water partition coefficient (Wildman–Crippen LogP) is 1.88. The molecule has 2 aliphatic rings. The van der Waals surface area contributed by atoms with Crippen LogP contribution in [0.1, 0.15) is 6.92 Å². The first-order valence-electron chi connectivity index (χ1n) is 5.09. The summed E-state index contributed by atoms with van der Waals surface area (Å²) in [6.07, 6.45) is 5.97. The minimum atomic E-state index is -0.464. The van der Waals surface area contributed by atoms with Crippen molar-refractivity contribution < 1.29 is 9.47 Å². The van der Waals surface area contributed by atoms with E-state index in [0.717, 1.165) is 5.76 Å². The van der Waals surface area contributed by atoms with Gasteiger partial charge < -0.3 is 9.47 Å². The van der Waals surface area contributed by atoms with Gasteiger partial charge in [-0.2, -0.15) is 5.26 Å². The monoisotopic (exact) mass is 205 g/mol. The molecule has 0 amide bonds. The molecule has 0 bridgehead atoms. The first-order chi connectivity index (χ1) is 7.19. The van der Waals surface area contributed by atoms with Crippen LogP contribution >= 0.6 is 0 Å². The smallest absolute Gasteiger partial charge is 0.117 e. The van der Waals surface area contributed by atoms with Crippen molar-refractivity contribution >= 4 is 0 Å². The Hall–Kier alpha value is -1.27. The fraction of sp³-hybridized carbons (Fsp3) is 0.583.